The summed E-state index contributed by atoms with van der Waals surface area (Å²) in [7, 11) is 0. The molecule has 0 spiro atoms. The average molecular weight is 240 g/mol. The Morgan fingerprint density at radius 2 is 1.00 bits per heavy atom. The first-order valence-electron chi connectivity index (χ1n) is 3.03. The SMILES string of the molecule is NC(=O)O/N=C(N)/C(N)=N/OC(N)=O.O.O. The van der Waals surface area contributed by atoms with Crippen LogP contribution in [0.25, 0.3) is 0 Å². The predicted molar refractivity (Wildman–Crippen MR) is 51.8 cm³/mol. The second-order valence-electron chi connectivity index (χ2n) is 1.77. The van der Waals surface area contributed by atoms with E-state index in [0.717, 1.165) is 0 Å². The molecule has 0 unspecified atom stereocenters. The molecule has 0 atom stereocenters. The van der Waals surface area contributed by atoms with Crippen molar-refractivity contribution in [3.8, 4) is 0 Å². The van der Waals surface area contributed by atoms with E-state index in [-0.39, 0.29) is 11.0 Å². The molecule has 0 aliphatic rings. The molecular weight excluding hydrogens is 228 g/mol. The van der Waals surface area contributed by atoms with E-state index in [2.05, 4.69) is 31.5 Å². The van der Waals surface area contributed by atoms with Crippen LogP contribution in [0.4, 0.5) is 9.59 Å². The molecule has 0 saturated carbocycles. The molecule has 0 radical (unpaired) electrons. The van der Waals surface area contributed by atoms with Gasteiger partial charge in [0.1, 0.15) is 0 Å². The van der Waals surface area contributed by atoms with Crippen LogP contribution in [0, 0.1) is 0 Å². The minimum absolute atomic E-state index is 0. The van der Waals surface area contributed by atoms with Gasteiger partial charge in [0.2, 0.25) is 11.7 Å². The van der Waals surface area contributed by atoms with Gasteiger partial charge >= 0.3 is 12.2 Å². The van der Waals surface area contributed by atoms with Gasteiger partial charge in [-0.2, -0.15) is 0 Å². The molecule has 0 aromatic rings. The molecule has 12 heteroatoms. The number of primary amides is 2. The summed E-state index contributed by atoms with van der Waals surface area (Å²) in [4.78, 5) is 27.9. The zero-order chi connectivity index (χ0) is 11.1. The number of hydrogen-bond donors (Lipinski definition) is 4. The normalized spacial score (nSPS) is 10.5. The van der Waals surface area contributed by atoms with E-state index in [1.807, 2.05) is 0 Å². The summed E-state index contributed by atoms with van der Waals surface area (Å²) in [5.74, 6) is -0.991. The van der Waals surface area contributed by atoms with Crippen LogP contribution in [0.5, 0.6) is 0 Å². The lowest BCUT2D eigenvalue weighted by atomic mass is 10.6. The third-order valence-corrected chi connectivity index (χ3v) is 0.730. The van der Waals surface area contributed by atoms with E-state index in [0.29, 0.717) is 0 Å². The van der Waals surface area contributed by atoms with Gasteiger partial charge < -0.3 is 33.9 Å². The van der Waals surface area contributed by atoms with Crippen LogP contribution in [0.1, 0.15) is 0 Å². The number of hydrogen-bond acceptors (Lipinski definition) is 6. The van der Waals surface area contributed by atoms with E-state index in [1.54, 1.807) is 0 Å². The maximum Gasteiger partial charge on any atom is 0.430 e. The maximum absolute atomic E-state index is 10.0. The van der Waals surface area contributed by atoms with Crippen molar-refractivity contribution < 1.29 is 30.2 Å². The number of oxime groups is 2. The van der Waals surface area contributed by atoms with Crippen molar-refractivity contribution in [3.05, 3.63) is 0 Å². The molecule has 0 fully saturated rings. The monoisotopic (exact) mass is 240 g/mol. The van der Waals surface area contributed by atoms with Crippen LogP contribution in [-0.4, -0.2) is 34.8 Å². The molecule has 12 nitrogen and oxygen atoms in total. The Morgan fingerprint density at radius 1 is 0.750 bits per heavy atom. The Labute approximate surface area is 88.4 Å². The van der Waals surface area contributed by atoms with Gasteiger partial charge in [-0.05, 0) is 0 Å². The van der Waals surface area contributed by atoms with Crippen molar-refractivity contribution in [1.82, 2.24) is 0 Å². The molecule has 0 aliphatic heterocycles. The first kappa shape index (κ1) is 19.0. The number of carbonyl (C=O) groups excluding carboxylic acids is 2. The first-order chi connectivity index (χ1) is 6.43. The van der Waals surface area contributed by atoms with Gasteiger partial charge in [0.25, 0.3) is 0 Å². The van der Waals surface area contributed by atoms with Gasteiger partial charge in [-0.15, -0.1) is 0 Å². The minimum atomic E-state index is -1.18. The number of rotatable bonds is 2. The topological polar surface area (TPSA) is 244 Å². The van der Waals surface area contributed by atoms with Crippen molar-refractivity contribution in [2.45, 2.75) is 0 Å². The highest BCUT2D eigenvalue weighted by molar-refractivity contribution is 6.39. The van der Waals surface area contributed by atoms with E-state index >= 15 is 0 Å². The van der Waals surface area contributed by atoms with Gasteiger partial charge in [0.15, 0.2) is 0 Å². The van der Waals surface area contributed by atoms with E-state index in [4.69, 9.17) is 11.5 Å². The van der Waals surface area contributed by atoms with Gasteiger partial charge in [-0.1, -0.05) is 10.3 Å². The highest BCUT2D eigenvalue weighted by Crippen LogP contribution is 1.80. The summed E-state index contributed by atoms with van der Waals surface area (Å²) in [6, 6.07) is 0. The summed E-state index contributed by atoms with van der Waals surface area (Å²) in [5.41, 5.74) is 19.3. The van der Waals surface area contributed by atoms with Crippen LogP contribution in [0.3, 0.4) is 0 Å². The van der Waals surface area contributed by atoms with E-state index < -0.39 is 23.9 Å². The maximum atomic E-state index is 10.0. The minimum Gasteiger partial charge on any atom is -0.412 e. The molecule has 0 rings (SSSR count). The smallest absolute Gasteiger partial charge is 0.412 e. The molecule has 16 heavy (non-hydrogen) atoms. The molecule has 0 bridgehead atoms. The fourth-order valence-corrected chi connectivity index (χ4v) is 0.282. The average Bonchev–Trinajstić information content (AvgIpc) is 2.09. The van der Waals surface area contributed by atoms with Crippen molar-refractivity contribution in [1.29, 1.82) is 0 Å². The highest BCUT2D eigenvalue weighted by atomic mass is 16.7. The van der Waals surface area contributed by atoms with Gasteiger partial charge in [-0.25, -0.2) is 9.59 Å². The molecular formula is C4H12N6O6. The van der Waals surface area contributed by atoms with E-state index in [9.17, 15) is 9.59 Å². The van der Waals surface area contributed by atoms with Gasteiger partial charge in [0.05, 0.1) is 0 Å². The Balaban J connectivity index is -0.000000845. The molecule has 0 aromatic heterocycles. The largest absolute Gasteiger partial charge is 0.430 e. The van der Waals surface area contributed by atoms with Gasteiger partial charge in [-0.3, -0.25) is 9.68 Å². The second kappa shape index (κ2) is 8.97. The lowest BCUT2D eigenvalue weighted by Crippen LogP contribution is -2.32. The van der Waals surface area contributed by atoms with Crippen molar-refractivity contribution in [3.63, 3.8) is 0 Å². The zero-order valence-electron chi connectivity index (χ0n) is 7.84. The van der Waals surface area contributed by atoms with Crippen molar-refractivity contribution in [2.24, 2.45) is 33.2 Å². The third-order valence-electron chi connectivity index (χ3n) is 0.730. The Morgan fingerprint density at radius 3 is 1.19 bits per heavy atom. The van der Waals surface area contributed by atoms with Crippen LogP contribution in [0.15, 0.2) is 10.3 Å². The summed E-state index contributed by atoms with van der Waals surface area (Å²) >= 11 is 0. The zero-order valence-corrected chi connectivity index (χ0v) is 7.84. The standard InChI is InChI=1S/C4H8N6O4.2H2O/c5-1(9-13-3(7)11)2(6)10-14-4(8)12;;/h(H2,5,9)(H2,6,10)(H2,7,11)(H2,8,12);2*1H2. The number of carbonyl (C=O) groups is 2. The highest BCUT2D eigenvalue weighted by Gasteiger charge is 2.03. The fourth-order valence-electron chi connectivity index (χ4n) is 0.282. The second-order valence-corrected chi connectivity index (χ2v) is 1.77. The fraction of sp³-hybridized carbons (Fsp3) is 0. The molecule has 12 N–H and O–H groups in total. The lowest BCUT2D eigenvalue weighted by Gasteiger charge is -1.96. The Kier molecular flexibility index (Phi) is 10.7. The summed E-state index contributed by atoms with van der Waals surface area (Å²) in [6.45, 7) is 0. The molecule has 94 valence electrons. The molecule has 2 amide bonds. The first-order valence-corrected chi connectivity index (χ1v) is 3.03. The summed E-state index contributed by atoms with van der Waals surface area (Å²) in [5, 5.41) is 5.87. The molecule has 0 heterocycles. The van der Waals surface area contributed by atoms with Crippen LogP contribution in [-0.2, 0) is 9.68 Å². The predicted octanol–water partition coefficient (Wildman–Crippen LogP) is -3.93. The number of nitrogens with zero attached hydrogens (tertiary/aromatic N) is 2. The third kappa shape index (κ3) is 9.49. The quantitative estimate of drug-likeness (QED) is 0.162. The van der Waals surface area contributed by atoms with Crippen LogP contribution in [0.2, 0.25) is 0 Å². The number of amidine groups is 2. The summed E-state index contributed by atoms with van der Waals surface area (Å²) in [6.07, 6.45) is -2.37. The molecule has 0 aliphatic carbocycles. The Bertz CT molecular complexity index is 269. The molecule has 0 saturated heterocycles. The lowest BCUT2D eigenvalue weighted by molar-refractivity contribution is 0.159. The summed E-state index contributed by atoms with van der Waals surface area (Å²) < 4.78 is 0. The number of nitrogens with two attached hydrogens (primary N) is 4. The van der Waals surface area contributed by atoms with Gasteiger partial charge in [0, 0.05) is 0 Å². The van der Waals surface area contributed by atoms with Crippen molar-refractivity contribution in [2.75, 3.05) is 0 Å². The van der Waals surface area contributed by atoms with Crippen LogP contribution >= 0.6 is 0 Å². The molecule has 0 aromatic carbocycles. The number of amides is 2. The Hall–Kier alpha value is -2.60. The van der Waals surface area contributed by atoms with E-state index in [1.165, 1.54) is 0 Å². The van der Waals surface area contributed by atoms with Crippen LogP contribution < -0.4 is 22.9 Å². The van der Waals surface area contributed by atoms with Crippen molar-refractivity contribution >= 4 is 23.9 Å².